The fourth-order valence-corrected chi connectivity index (χ4v) is 2.81. The first-order valence-corrected chi connectivity index (χ1v) is 8.02. The fourth-order valence-electron chi connectivity index (χ4n) is 2.81. The topological polar surface area (TPSA) is 62.2 Å². The fraction of sp³-hybridized carbons (Fsp3) is 0.444. The number of nitrogens with zero attached hydrogens (tertiary/aromatic N) is 1. The highest BCUT2D eigenvalue weighted by Gasteiger charge is 2.09. The monoisotopic (exact) mass is 300 g/mol. The van der Waals surface area contributed by atoms with Gasteiger partial charge in [0.05, 0.1) is 0 Å². The minimum absolute atomic E-state index is 0.830. The Labute approximate surface area is 132 Å². The molecule has 0 bridgehead atoms. The third kappa shape index (κ3) is 5.72. The summed E-state index contributed by atoms with van der Waals surface area (Å²) < 4.78 is 0. The summed E-state index contributed by atoms with van der Waals surface area (Å²) in [5, 5.41) is 12.2. The lowest BCUT2D eigenvalue weighted by atomic mass is 9.91. The number of pyridine rings is 1. The Morgan fingerprint density at radius 3 is 2.77 bits per heavy atom. The molecule has 1 aliphatic carbocycles. The zero-order chi connectivity index (χ0) is 15.6. The third-order valence-corrected chi connectivity index (χ3v) is 3.95. The van der Waals surface area contributed by atoms with Crippen molar-refractivity contribution in [3.05, 3.63) is 47.7 Å². The second-order valence-electron chi connectivity index (χ2n) is 5.61. The molecule has 1 aromatic heterocycles. The zero-order valence-corrected chi connectivity index (χ0v) is 12.9. The highest BCUT2D eigenvalue weighted by atomic mass is 16.4. The molecule has 0 aliphatic heterocycles. The maximum absolute atomic E-state index is 10.8. The van der Waals surface area contributed by atoms with Gasteiger partial charge < -0.3 is 10.4 Å². The number of carboxylic acid groups (broad SMARTS) is 1. The number of rotatable bonds is 6. The standard InChI is InChI=1S/C18H24N2O2/c21-18(22)11-10-15-7-3-1-2-4-8-16(15)12-14-20-17-9-5-6-13-19-17/h5-6,9-11,13H,1-4,7-8,12,14H2,(H,19,20)(H,21,22)/b11-10+,16-15-. The molecule has 0 radical (unpaired) electrons. The van der Waals surface area contributed by atoms with Crippen molar-refractivity contribution in [2.75, 3.05) is 11.9 Å². The van der Waals surface area contributed by atoms with Crippen molar-refractivity contribution in [1.82, 2.24) is 4.98 Å². The molecular weight excluding hydrogens is 276 g/mol. The molecule has 0 fully saturated rings. The van der Waals surface area contributed by atoms with Crippen LogP contribution in [0.1, 0.15) is 44.9 Å². The highest BCUT2D eigenvalue weighted by Crippen LogP contribution is 2.26. The summed E-state index contributed by atoms with van der Waals surface area (Å²) in [5.41, 5.74) is 2.60. The summed E-state index contributed by atoms with van der Waals surface area (Å²) in [6.45, 7) is 0.830. The summed E-state index contributed by atoms with van der Waals surface area (Å²) in [4.78, 5) is 15.0. The predicted octanol–water partition coefficient (Wildman–Crippen LogP) is 4.18. The Kier molecular flexibility index (Phi) is 6.68. The molecule has 0 atom stereocenters. The highest BCUT2D eigenvalue weighted by molar-refractivity contribution is 5.80. The van der Waals surface area contributed by atoms with Gasteiger partial charge in [0, 0.05) is 18.8 Å². The van der Waals surface area contributed by atoms with Crippen LogP contribution in [0.5, 0.6) is 0 Å². The van der Waals surface area contributed by atoms with Crippen LogP contribution in [-0.4, -0.2) is 22.6 Å². The molecule has 0 amide bonds. The Morgan fingerprint density at radius 2 is 2.05 bits per heavy atom. The number of anilines is 1. The van der Waals surface area contributed by atoms with Gasteiger partial charge in [-0.05, 0) is 49.8 Å². The maximum atomic E-state index is 10.8. The van der Waals surface area contributed by atoms with Gasteiger partial charge in [0.15, 0.2) is 0 Å². The number of carboxylic acids is 1. The van der Waals surface area contributed by atoms with E-state index in [0.29, 0.717) is 0 Å². The number of aromatic nitrogens is 1. The molecule has 4 heteroatoms. The van der Waals surface area contributed by atoms with Crippen molar-refractivity contribution < 1.29 is 9.90 Å². The van der Waals surface area contributed by atoms with Crippen molar-refractivity contribution in [2.24, 2.45) is 0 Å². The largest absolute Gasteiger partial charge is 0.478 e. The van der Waals surface area contributed by atoms with Crippen LogP contribution in [0.15, 0.2) is 47.7 Å². The molecular formula is C18H24N2O2. The van der Waals surface area contributed by atoms with Gasteiger partial charge in [0.1, 0.15) is 5.82 Å². The lowest BCUT2D eigenvalue weighted by molar-refractivity contribution is -0.131. The number of hydrogen-bond donors (Lipinski definition) is 2. The predicted molar refractivity (Wildman–Crippen MR) is 88.8 cm³/mol. The Morgan fingerprint density at radius 1 is 1.23 bits per heavy atom. The molecule has 22 heavy (non-hydrogen) atoms. The van der Waals surface area contributed by atoms with Crippen LogP contribution in [0.3, 0.4) is 0 Å². The third-order valence-electron chi connectivity index (χ3n) is 3.95. The lowest BCUT2D eigenvalue weighted by Gasteiger charge is -2.17. The molecule has 4 nitrogen and oxygen atoms in total. The van der Waals surface area contributed by atoms with E-state index in [1.807, 2.05) is 18.2 Å². The first-order chi connectivity index (χ1) is 10.8. The zero-order valence-electron chi connectivity index (χ0n) is 12.9. The van der Waals surface area contributed by atoms with Crippen LogP contribution in [0.4, 0.5) is 5.82 Å². The second kappa shape index (κ2) is 9.03. The maximum Gasteiger partial charge on any atom is 0.328 e. The van der Waals surface area contributed by atoms with Crippen LogP contribution < -0.4 is 5.32 Å². The molecule has 1 aliphatic rings. The number of carbonyl (C=O) groups is 1. The normalized spacial score (nSPS) is 19.6. The average Bonchev–Trinajstić information content (AvgIpc) is 2.50. The van der Waals surface area contributed by atoms with Crippen LogP contribution in [0, 0.1) is 0 Å². The van der Waals surface area contributed by atoms with Gasteiger partial charge in [-0.1, -0.05) is 30.6 Å². The first kappa shape index (κ1) is 16.3. The van der Waals surface area contributed by atoms with Crippen molar-refractivity contribution in [1.29, 1.82) is 0 Å². The Bertz CT molecular complexity index is 535. The molecule has 1 heterocycles. The molecule has 0 saturated heterocycles. The van der Waals surface area contributed by atoms with Gasteiger partial charge in [-0.3, -0.25) is 0 Å². The molecule has 0 saturated carbocycles. The Balaban J connectivity index is 2.00. The number of allylic oxidation sites excluding steroid dienone is 2. The molecule has 0 spiro atoms. The van der Waals surface area contributed by atoms with Gasteiger partial charge in [-0.15, -0.1) is 0 Å². The van der Waals surface area contributed by atoms with Crippen LogP contribution in [0.2, 0.25) is 0 Å². The molecule has 2 rings (SSSR count). The van der Waals surface area contributed by atoms with Crippen molar-refractivity contribution in [2.45, 2.75) is 44.9 Å². The summed E-state index contributed by atoms with van der Waals surface area (Å²) in [5.74, 6) is 0.0112. The van der Waals surface area contributed by atoms with Gasteiger partial charge >= 0.3 is 5.97 Å². The van der Waals surface area contributed by atoms with E-state index in [1.165, 1.54) is 36.5 Å². The quantitative estimate of drug-likeness (QED) is 0.774. The summed E-state index contributed by atoms with van der Waals surface area (Å²) >= 11 is 0. The second-order valence-corrected chi connectivity index (χ2v) is 5.61. The van der Waals surface area contributed by atoms with Crippen molar-refractivity contribution in [3.8, 4) is 0 Å². The van der Waals surface area contributed by atoms with E-state index in [0.717, 1.165) is 38.0 Å². The van der Waals surface area contributed by atoms with Crippen molar-refractivity contribution >= 4 is 11.8 Å². The van der Waals surface area contributed by atoms with Gasteiger partial charge in [-0.25, -0.2) is 9.78 Å². The van der Waals surface area contributed by atoms with E-state index in [9.17, 15) is 4.79 Å². The minimum atomic E-state index is -0.875. The summed E-state index contributed by atoms with van der Waals surface area (Å²) in [6, 6.07) is 5.82. The van der Waals surface area contributed by atoms with Gasteiger partial charge in [0.25, 0.3) is 0 Å². The van der Waals surface area contributed by atoms with E-state index < -0.39 is 5.97 Å². The molecule has 1 aromatic rings. The SMILES string of the molecule is O=C(O)/C=C/C1=C(\CCNc2ccccn2)CCCCCC1. The number of hydrogen-bond acceptors (Lipinski definition) is 3. The van der Waals surface area contributed by atoms with Crippen LogP contribution >= 0.6 is 0 Å². The summed E-state index contributed by atoms with van der Waals surface area (Å²) in [6.07, 6.45) is 12.7. The van der Waals surface area contributed by atoms with E-state index in [1.54, 1.807) is 12.3 Å². The molecule has 0 unspecified atom stereocenters. The van der Waals surface area contributed by atoms with Crippen LogP contribution in [-0.2, 0) is 4.79 Å². The first-order valence-electron chi connectivity index (χ1n) is 8.02. The molecule has 0 aromatic carbocycles. The lowest BCUT2D eigenvalue weighted by Crippen LogP contribution is -2.06. The number of aliphatic carboxylic acids is 1. The number of nitrogens with one attached hydrogen (secondary N) is 1. The van der Waals surface area contributed by atoms with E-state index >= 15 is 0 Å². The van der Waals surface area contributed by atoms with Crippen LogP contribution in [0.25, 0.3) is 0 Å². The average molecular weight is 300 g/mol. The smallest absolute Gasteiger partial charge is 0.328 e. The van der Waals surface area contributed by atoms with E-state index in [-0.39, 0.29) is 0 Å². The summed E-state index contributed by atoms with van der Waals surface area (Å²) in [7, 11) is 0. The van der Waals surface area contributed by atoms with Gasteiger partial charge in [0.2, 0.25) is 0 Å². The Hall–Kier alpha value is -2.10. The van der Waals surface area contributed by atoms with E-state index in [2.05, 4.69) is 10.3 Å². The molecule has 118 valence electrons. The van der Waals surface area contributed by atoms with Crippen molar-refractivity contribution in [3.63, 3.8) is 0 Å². The van der Waals surface area contributed by atoms with E-state index in [4.69, 9.17) is 5.11 Å². The molecule has 2 N–H and O–H groups in total. The minimum Gasteiger partial charge on any atom is -0.478 e. The van der Waals surface area contributed by atoms with Gasteiger partial charge in [-0.2, -0.15) is 0 Å².